The van der Waals surface area contributed by atoms with Gasteiger partial charge in [-0.25, -0.2) is 4.39 Å². The number of H-pyrrole nitrogens is 1. The largest absolute Gasteiger partial charge is 0.456 e. The first-order valence-corrected chi connectivity index (χ1v) is 11.7. The zero-order valence-electron chi connectivity index (χ0n) is 19.0. The van der Waals surface area contributed by atoms with E-state index in [1.165, 1.54) is 13.0 Å². The third-order valence-electron chi connectivity index (χ3n) is 6.78. The molecule has 7 heteroatoms. The monoisotopic (exact) mass is 448 g/mol. The minimum atomic E-state index is -0.403. The van der Waals surface area contributed by atoms with Gasteiger partial charge in [-0.1, -0.05) is 18.2 Å². The fourth-order valence-electron chi connectivity index (χ4n) is 5.18. The summed E-state index contributed by atoms with van der Waals surface area (Å²) in [7, 11) is 0. The maximum atomic E-state index is 15.7. The van der Waals surface area contributed by atoms with Crippen LogP contribution in [0.4, 0.5) is 10.1 Å². The van der Waals surface area contributed by atoms with Crippen LogP contribution in [0.3, 0.4) is 0 Å². The third-order valence-corrected chi connectivity index (χ3v) is 6.78. The van der Waals surface area contributed by atoms with E-state index in [2.05, 4.69) is 15.5 Å². The highest BCUT2D eigenvalue weighted by Gasteiger charge is 2.34. The highest BCUT2D eigenvalue weighted by molar-refractivity contribution is 5.95. The highest BCUT2D eigenvalue weighted by Crippen LogP contribution is 2.47. The number of para-hydroxylation sites is 1. The van der Waals surface area contributed by atoms with Gasteiger partial charge < -0.3 is 15.0 Å². The molecule has 5 rings (SSSR count). The molecule has 33 heavy (non-hydrogen) atoms. The lowest BCUT2D eigenvalue weighted by atomic mass is 9.87. The van der Waals surface area contributed by atoms with Crippen LogP contribution in [-0.2, 0) is 11.2 Å². The number of carbonyl (C=O) groups excluding carboxylic acids is 1. The van der Waals surface area contributed by atoms with Crippen molar-refractivity contribution in [3.63, 3.8) is 0 Å². The summed E-state index contributed by atoms with van der Waals surface area (Å²) in [5.74, 6) is 1.00. The van der Waals surface area contributed by atoms with Gasteiger partial charge in [0, 0.05) is 41.8 Å². The number of nitrogens with zero attached hydrogens (tertiary/aromatic N) is 2. The van der Waals surface area contributed by atoms with Crippen LogP contribution >= 0.6 is 0 Å². The van der Waals surface area contributed by atoms with Crippen LogP contribution < -0.4 is 15.0 Å². The summed E-state index contributed by atoms with van der Waals surface area (Å²) < 4.78 is 22.1. The first kappa shape index (κ1) is 21.6. The normalized spacial score (nSPS) is 18.8. The van der Waals surface area contributed by atoms with E-state index in [0.717, 1.165) is 49.2 Å². The van der Waals surface area contributed by atoms with Gasteiger partial charge in [-0.3, -0.25) is 9.89 Å². The fourth-order valence-corrected chi connectivity index (χ4v) is 5.18. The number of anilines is 1. The van der Waals surface area contributed by atoms with Crippen LogP contribution in [-0.4, -0.2) is 35.2 Å². The molecule has 0 radical (unpaired) electrons. The maximum absolute atomic E-state index is 15.7. The second kappa shape index (κ2) is 8.98. The minimum absolute atomic E-state index is 0.0702. The Morgan fingerprint density at radius 1 is 1.15 bits per heavy atom. The predicted octanol–water partition coefficient (Wildman–Crippen LogP) is 5.16. The number of rotatable bonds is 4. The Morgan fingerprint density at radius 2 is 1.91 bits per heavy atom. The van der Waals surface area contributed by atoms with Gasteiger partial charge in [-0.05, 0) is 63.9 Å². The van der Waals surface area contributed by atoms with E-state index in [-0.39, 0.29) is 11.9 Å². The van der Waals surface area contributed by atoms with Crippen molar-refractivity contribution in [1.82, 2.24) is 15.5 Å². The molecule has 2 aliphatic heterocycles. The summed E-state index contributed by atoms with van der Waals surface area (Å²) in [6.45, 7) is 5.32. The molecule has 0 bridgehead atoms. The number of nitrogens with one attached hydrogen (secondary N) is 2. The molecule has 3 aromatic rings. The zero-order chi connectivity index (χ0) is 22.9. The number of carbonyl (C=O) groups is 1. The van der Waals surface area contributed by atoms with E-state index in [1.54, 1.807) is 4.90 Å². The van der Waals surface area contributed by atoms with Crippen LogP contribution in [0.15, 0.2) is 42.6 Å². The number of benzene rings is 2. The molecule has 6 nitrogen and oxygen atoms in total. The molecular weight excluding hydrogens is 419 g/mol. The second-order valence-corrected chi connectivity index (χ2v) is 8.96. The van der Waals surface area contributed by atoms with Crippen molar-refractivity contribution in [2.75, 3.05) is 18.0 Å². The molecule has 2 aliphatic rings. The molecule has 2 aromatic carbocycles. The van der Waals surface area contributed by atoms with Crippen LogP contribution in [0.25, 0.3) is 11.1 Å². The van der Waals surface area contributed by atoms with E-state index in [1.807, 2.05) is 43.5 Å². The molecule has 0 saturated carbocycles. The van der Waals surface area contributed by atoms with Gasteiger partial charge in [0.05, 0.1) is 11.4 Å². The van der Waals surface area contributed by atoms with E-state index >= 15 is 4.39 Å². The van der Waals surface area contributed by atoms with Crippen LogP contribution in [0.1, 0.15) is 50.3 Å². The number of amides is 1. The van der Waals surface area contributed by atoms with Gasteiger partial charge >= 0.3 is 0 Å². The van der Waals surface area contributed by atoms with Crippen molar-refractivity contribution in [3.05, 3.63) is 59.7 Å². The molecule has 1 saturated heterocycles. The average molecular weight is 449 g/mol. The van der Waals surface area contributed by atoms with Crippen molar-refractivity contribution in [3.8, 4) is 22.6 Å². The molecule has 1 amide bonds. The van der Waals surface area contributed by atoms with Crippen LogP contribution in [0.5, 0.6) is 11.5 Å². The quantitative estimate of drug-likeness (QED) is 0.578. The summed E-state index contributed by atoms with van der Waals surface area (Å²) in [4.78, 5) is 14.0. The summed E-state index contributed by atoms with van der Waals surface area (Å²) in [6, 6.07) is 11.0. The lowest BCUT2D eigenvalue weighted by Crippen LogP contribution is -2.41. The van der Waals surface area contributed by atoms with Crippen molar-refractivity contribution in [2.24, 2.45) is 0 Å². The standard InChI is InChI=1S/C26H29FN4O2/c1-16-8-9-20-25(31(16)17(2)32)23(27)14-21(26(20)33-19-6-4-3-5-7-19)22-15-29-30-24(22)18-10-12-28-13-11-18/h3-7,14-16,18,28H,8-13H2,1-2H3,(H,29,30)/t16-/m0/s1. The first-order chi connectivity index (χ1) is 16.0. The molecule has 1 aromatic heterocycles. The molecule has 0 spiro atoms. The zero-order valence-corrected chi connectivity index (χ0v) is 19.0. The summed E-state index contributed by atoms with van der Waals surface area (Å²) in [5.41, 5.74) is 3.56. The van der Waals surface area contributed by atoms with E-state index in [9.17, 15) is 4.79 Å². The summed E-state index contributed by atoms with van der Waals surface area (Å²) >= 11 is 0. The molecule has 172 valence electrons. The number of aromatic nitrogens is 2. The molecular formula is C26H29FN4O2. The van der Waals surface area contributed by atoms with E-state index < -0.39 is 5.82 Å². The molecule has 2 N–H and O–H groups in total. The predicted molar refractivity (Wildman–Crippen MR) is 126 cm³/mol. The van der Waals surface area contributed by atoms with Gasteiger partial charge in [-0.15, -0.1) is 0 Å². The van der Waals surface area contributed by atoms with Crippen molar-refractivity contribution >= 4 is 11.6 Å². The molecule has 1 atom stereocenters. The number of fused-ring (bicyclic) bond motifs is 1. The lowest BCUT2D eigenvalue weighted by molar-refractivity contribution is -0.117. The van der Waals surface area contributed by atoms with Crippen molar-refractivity contribution in [2.45, 2.75) is 51.5 Å². The number of hydrogen-bond donors (Lipinski definition) is 2. The Kier molecular flexibility index (Phi) is 5.89. The number of halogens is 1. The highest BCUT2D eigenvalue weighted by atomic mass is 19.1. The Hall–Kier alpha value is -3.19. The number of ether oxygens (including phenoxy) is 1. The van der Waals surface area contributed by atoms with Crippen molar-refractivity contribution in [1.29, 1.82) is 0 Å². The van der Waals surface area contributed by atoms with Crippen LogP contribution in [0, 0.1) is 5.82 Å². The maximum Gasteiger partial charge on any atom is 0.224 e. The Bertz CT molecular complexity index is 1150. The third kappa shape index (κ3) is 4.02. The molecule has 1 fully saturated rings. The van der Waals surface area contributed by atoms with Gasteiger partial charge in [0.15, 0.2) is 0 Å². The van der Waals surface area contributed by atoms with Crippen molar-refractivity contribution < 1.29 is 13.9 Å². The Balaban J connectivity index is 1.70. The van der Waals surface area contributed by atoms with E-state index in [0.29, 0.717) is 35.1 Å². The number of aromatic amines is 1. The summed E-state index contributed by atoms with van der Waals surface area (Å²) in [5, 5.41) is 11.0. The smallest absolute Gasteiger partial charge is 0.224 e. The second-order valence-electron chi connectivity index (χ2n) is 8.96. The van der Waals surface area contributed by atoms with E-state index in [4.69, 9.17) is 4.74 Å². The van der Waals surface area contributed by atoms with Gasteiger partial charge in [0.1, 0.15) is 17.3 Å². The fraction of sp³-hybridized carbons (Fsp3) is 0.385. The van der Waals surface area contributed by atoms with Crippen LogP contribution in [0.2, 0.25) is 0 Å². The molecule has 0 aliphatic carbocycles. The van der Waals surface area contributed by atoms with Gasteiger partial charge in [-0.2, -0.15) is 5.10 Å². The summed E-state index contributed by atoms with van der Waals surface area (Å²) in [6.07, 6.45) is 5.18. The Morgan fingerprint density at radius 3 is 2.64 bits per heavy atom. The molecule has 0 unspecified atom stereocenters. The molecule has 3 heterocycles. The van der Waals surface area contributed by atoms with Gasteiger partial charge in [0.25, 0.3) is 0 Å². The minimum Gasteiger partial charge on any atom is -0.456 e. The lowest BCUT2D eigenvalue weighted by Gasteiger charge is -2.36. The number of hydrogen-bond acceptors (Lipinski definition) is 4. The van der Waals surface area contributed by atoms with Gasteiger partial charge in [0.2, 0.25) is 5.91 Å². The topological polar surface area (TPSA) is 70.2 Å². The average Bonchev–Trinajstić information content (AvgIpc) is 3.31. The first-order valence-electron chi connectivity index (χ1n) is 11.7. The Labute approximate surface area is 193 Å². The number of piperidine rings is 1. The SMILES string of the molecule is CC(=O)N1c2c(F)cc(-c3c[nH]nc3C3CCNCC3)c(Oc3ccccc3)c2CC[C@@H]1C.